The first-order chi connectivity index (χ1) is 16.5. The van der Waals surface area contributed by atoms with Crippen LogP contribution in [0, 0.1) is 0 Å². The normalized spacial score (nSPS) is 16.5. The van der Waals surface area contributed by atoms with Gasteiger partial charge in [-0.3, -0.25) is 9.89 Å². The Morgan fingerprint density at radius 2 is 2.00 bits per heavy atom. The lowest BCUT2D eigenvalue weighted by molar-refractivity contribution is -0.132. The maximum absolute atomic E-state index is 12.6. The van der Waals surface area contributed by atoms with E-state index >= 15 is 0 Å². The molecule has 178 valence electrons. The molecule has 9 nitrogen and oxygen atoms in total. The molecule has 1 aromatic carbocycles. The molecule has 0 atom stereocenters. The third kappa shape index (κ3) is 5.74. The maximum atomic E-state index is 12.6. The molecular weight excluding hydrogens is 496 g/mol. The summed E-state index contributed by atoms with van der Waals surface area (Å²) in [5.41, 5.74) is 3.15. The molecule has 3 heterocycles. The van der Waals surface area contributed by atoms with E-state index in [-0.39, 0.29) is 5.91 Å². The molecule has 1 saturated heterocycles. The monoisotopic (exact) mass is 524 g/mol. The second kappa shape index (κ2) is 10.1. The zero-order valence-electron chi connectivity index (χ0n) is 19.2. The molecule has 5 rings (SSSR count). The highest BCUT2D eigenvalue weighted by molar-refractivity contribution is 9.10. The molecule has 2 aromatic heterocycles. The van der Waals surface area contributed by atoms with Gasteiger partial charge in [0.1, 0.15) is 0 Å². The largest absolute Gasteiger partial charge is 0.340 e. The fraction of sp³-hybridized carbons (Fsp3) is 0.417. The summed E-state index contributed by atoms with van der Waals surface area (Å²) in [6.07, 6.45) is 5.37. The molecule has 0 bridgehead atoms. The average molecular weight is 525 g/mol. The first-order valence-electron chi connectivity index (χ1n) is 11.7. The van der Waals surface area contributed by atoms with Crippen LogP contribution >= 0.6 is 15.9 Å². The SMILES string of the molecule is CN1CCN(C(=O)CCc2cccc(Nc3ncc(Br)c(Nc4cc(C5CC5)[nH]n4)n3)c2)CC1. The molecule has 1 aliphatic heterocycles. The first-order valence-corrected chi connectivity index (χ1v) is 12.5. The molecule has 0 spiro atoms. The van der Waals surface area contributed by atoms with E-state index in [4.69, 9.17) is 0 Å². The van der Waals surface area contributed by atoms with Crippen LogP contribution in [0.15, 0.2) is 41.0 Å². The highest BCUT2D eigenvalue weighted by Gasteiger charge is 2.25. The molecule has 10 heteroatoms. The van der Waals surface area contributed by atoms with Crippen molar-refractivity contribution >= 4 is 45.1 Å². The number of H-pyrrole nitrogens is 1. The number of benzene rings is 1. The summed E-state index contributed by atoms with van der Waals surface area (Å²) in [7, 11) is 2.09. The molecule has 3 N–H and O–H groups in total. The zero-order valence-corrected chi connectivity index (χ0v) is 20.8. The lowest BCUT2D eigenvalue weighted by Gasteiger charge is -2.32. The van der Waals surface area contributed by atoms with Crippen LogP contribution in [0.3, 0.4) is 0 Å². The Bertz CT molecular complexity index is 1150. The van der Waals surface area contributed by atoms with Gasteiger partial charge in [-0.15, -0.1) is 0 Å². The lowest BCUT2D eigenvalue weighted by Crippen LogP contribution is -2.47. The summed E-state index contributed by atoms with van der Waals surface area (Å²) in [4.78, 5) is 25.8. The molecule has 2 fully saturated rings. The van der Waals surface area contributed by atoms with Crippen molar-refractivity contribution in [1.29, 1.82) is 0 Å². The predicted octanol–water partition coefficient (Wildman–Crippen LogP) is 4.03. The second-order valence-corrected chi connectivity index (χ2v) is 9.86. The summed E-state index contributed by atoms with van der Waals surface area (Å²) >= 11 is 3.51. The number of carbonyl (C=O) groups is 1. The van der Waals surface area contributed by atoms with Gasteiger partial charge in [0.25, 0.3) is 0 Å². The highest BCUT2D eigenvalue weighted by Crippen LogP contribution is 2.39. The Kier molecular flexibility index (Phi) is 6.77. The number of rotatable bonds is 8. The number of aryl methyl sites for hydroxylation is 1. The third-order valence-electron chi connectivity index (χ3n) is 6.27. The quantitative estimate of drug-likeness (QED) is 0.408. The number of aromatic amines is 1. The number of hydrogen-bond donors (Lipinski definition) is 3. The van der Waals surface area contributed by atoms with E-state index in [2.05, 4.69) is 58.7 Å². The van der Waals surface area contributed by atoms with Crippen LogP contribution in [0.1, 0.15) is 36.4 Å². The van der Waals surface area contributed by atoms with Crippen molar-refractivity contribution in [2.24, 2.45) is 0 Å². The van der Waals surface area contributed by atoms with Gasteiger partial charge in [0.15, 0.2) is 11.6 Å². The molecule has 1 aliphatic carbocycles. The molecular formula is C24H29BrN8O. The predicted molar refractivity (Wildman–Crippen MR) is 136 cm³/mol. The molecule has 34 heavy (non-hydrogen) atoms. The Morgan fingerprint density at radius 3 is 2.79 bits per heavy atom. The first kappa shape index (κ1) is 22.8. The summed E-state index contributed by atoms with van der Waals surface area (Å²) in [6.45, 7) is 3.51. The number of aromatic nitrogens is 4. The van der Waals surface area contributed by atoms with Crippen LogP contribution in [0.25, 0.3) is 0 Å². The van der Waals surface area contributed by atoms with Gasteiger partial charge in [0, 0.05) is 62.2 Å². The molecule has 1 amide bonds. The number of halogens is 1. The third-order valence-corrected chi connectivity index (χ3v) is 6.85. The fourth-order valence-corrected chi connectivity index (χ4v) is 4.33. The van der Waals surface area contributed by atoms with E-state index in [1.54, 1.807) is 6.20 Å². The van der Waals surface area contributed by atoms with E-state index in [1.807, 2.05) is 35.2 Å². The van der Waals surface area contributed by atoms with Crippen molar-refractivity contribution in [3.05, 3.63) is 52.3 Å². The van der Waals surface area contributed by atoms with Gasteiger partial charge in [-0.2, -0.15) is 10.1 Å². The summed E-state index contributed by atoms with van der Waals surface area (Å²) in [5, 5.41) is 14.0. The average Bonchev–Trinajstić information content (AvgIpc) is 3.59. The Hall–Kier alpha value is -2.98. The summed E-state index contributed by atoms with van der Waals surface area (Å²) in [5.74, 6) is 2.69. The Balaban J connectivity index is 1.20. The topological polar surface area (TPSA) is 102 Å². The van der Waals surface area contributed by atoms with Gasteiger partial charge in [0.2, 0.25) is 11.9 Å². The minimum absolute atomic E-state index is 0.224. The fourth-order valence-electron chi connectivity index (χ4n) is 4.04. The van der Waals surface area contributed by atoms with Crippen molar-refractivity contribution < 1.29 is 4.79 Å². The minimum Gasteiger partial charge on any atom is -0.340 e. The lowest BCUT2D eigenvalue weighted by atomic mass is 10.1. The van der Waals surface area contributed by atoms with Crippen molar-refractivity contribution in [2.45, 2.75) is 31.6 Å². The summed E-state index contributed by atoms with van der Waals surface area (Å²) in [6, 6.07) is 10.1. The van der Waals surface area contributed by atoms with Crippen molar-refractivity contribution in [2.75, 3.05) is 43.9 Å². The summed E-state index contributed by atoms with van der Waals surface area (Å²) < 4.78 is 0.755. The number of anilines is 4. The molecule has 2 aliphatic rings. The van der Waals surface area contributed by atoms with Crippen LogP contribution in [0.4, 0.5) is 23.3 Å². The Morgan fingerprint density at radius 1 is 1.18 bits per heavy atom. The van der Waals surface area contributed by atoms with Crippen LogP contribution in [0.5, 0.6) is 0 Å². The molecule has 3 aromatic rings. The second-order valence-electron chi connectivity index (χ2n) is 9.01. The van der Waals surface area contributed by atoms with Gasteiger partial charge in [0.05, 0.1) is 4.47 Å². The number of nitrogens with zero attached hydrogens (tertiary/aromatic N) is 5. The van der Waals surface area contributed by atoms with E-state index in [0.29, 0.717) is 30.5 Å². The number of likely N-dealkylation sites (N-methyl/N-ethyl adjacent to an activating group) is 1. The smallest absolute Gasteiger partial charge is 0.229 e. The van der Waals surface area contributed by atoms with Crippen molar-refractivity contribution in [3.8, 4) is 0 Å². The number of amides is 1. The number of nitrogens with one attached hydrogen (secondary N) is 3. The Labute approximate surface area is 207 Å². The van der Waals surface area contributed by atoms with Gasteiger partial charge >= 0.3 is 0 Å². The van der Waals surface area contributed by atoms with Crippen LogP contribution in [0.2, 0.25) is 0 Å². The number of carbonyl (C=O) groups excluding carboxylic acids is 1. The van der Waals surface area contributed by atoms with E-state index in [9.17, 15) is 4.79 Å². The molecule has 0 radical (unpaired) electrons. The van der Waals surface area contributed by atoms with Crippen LogP contribution in [-0.4, -0.2) is 69.1 Å². The van der Waals surface area contributed by atoms with E-state index in [1.165, 1.54) is 12.8 Å². The van der Waals surface area contributed by atoms with Gasteiger partial charge < -0.3 is 20.4 Å². The number of piperazine rings is 1. The van der Waals surface area contributed by atoms with E-state index < -0.39 is 0 Å². The molecule has 0 unspecified atom stereocenters. The molecule has 1 saturated carbocycles. The van der Waals surface area contributed by atoms with Crippen molar-refractivity contribution in [3.63, 3.8) is 0 Å². The van der Waals surface area contributed by atoms with E-state index in [0.717, 1.165) is 53.4 Å². The highest BCUT2D eigenvalue weighted by atomic mass is 79.9. The maximum Gasteiger partial charge on any atom is 0.229 e. The van der Waals surface area contributed by atoms with Gasteiger partial charge in [-0.1, -0.05) is 12.1 Å². The minimum atomic E-state index is 0.224. The standard InChI is InChI=1S/C24H29BrN8O/c1-32-9-11-33(12-10-32)22(34)8-5-16-3-2-4-18(13-16)27-24-26-15-19(25)23(29-24)28-21-14-20(30-31-21)17-6-7-17/h2-4,13-15,17H,5-12H2,1H3,(H3,26,27,28,29,30,31). The zero-order chi connectivity index (χ0) is 23.5. The van der Waals surface area contributed by atoms with Crippen LogP contribution < -0.4 is 10.6 Å². The number of hydrogen-bond acceptors (Lipinski definition) is 7. The van der Waals surface area contributed by atoms with Crippen LogP contribution in [-0.2, 0) is 11.2 Å². The van der Waals surface area contributed by atoms with Gasteiger partial charge in [-0.05, 0) is 59.9 Å². The van der Waals surface area contributed by atoms with Crippen molar-refractivity contribution in [1.82, 2.24) is 30.0 Å². The van der Waals surface area contributed by atoms with Gasteiger partial charge in [-0.25, -0.2) is 4.98 Å².